The number of carboxylic acids is 1. The third kappa shape index (κ3) is 7.92. The molecule has 0 radical (unpaired) electrons. The molecule has 1 aromatic carbocycles. The van der Waals surface area contributed by atoms with Gasteiger partial charge in [-0.05, 0) is 67.7 Å². The Labute approximate surface area is 166 Å². The Morgan fingerprint density at radius 2 is 1.37 bits per heavy atom. The zero-order valence-electron chi connectivity index (χ0n) is 18.0. The SMILES string of the molecule is CCCCOc1c(C(=O)O)cc(CCCC)c(CCCC)c1CCCC.N. The number of hydrogen-bond acceptors (Lipinski definition) is 3. The van der Waals surface area contributed by atoms with Crippen molar-refractivity contribution in [2.75, 3.05) is 6.61 Å². The van der Waals surface area contributed by atoms with Crippen molar-refractivity contribution in [3.05, 3.63) is 28.3 Å². The number of hydrogen-bond donors (Lipinski definition) is 2. The largest absolute Gasteiger partial charge is 0.492 e. The van der Waals surface area contributed by atoms with Crippen molar-refractivity contribution in [3.8, 4) is 5.75 Å². The Morgan fingerprint density at radius 3 is 1.89 bits per heavy atom. The highest BCUT2D eigenvalue weighted by Crippen LogP contribution is 2.34. The van der Waals surface area contributed by atoms with E-state index in [1.54, 1.807) is 0 Å². The molecule has 0 atom stereocenters. The van der Waals surface area contributed by atoms with Crippen LogP contribution in [0, 0.1) is 0 Å². The van der Waals surface area contributed by atoms with Gasteiger partial charge >= 0.3 is 5.97 Å². The Bertz CT molecular complexity index is 555. The van der Waals surface area contributed by atoms with Crippen LogP contribution in [0.4, 0.5) is 0 Å². The molecular formula is C23H41NO3. The number of carbonyl (C=O) groups is 1. The predicted molar refractivity (Wildman–Crippen MR) is 115 cm³/mol. The monoisotopic (exact) mass is 379 g/mol. The van der Waals surface area contributed by atoms with E-state index in [2.05, 4.69) is 27.7 Å². The summed E-state index contributed by atoms with van der Waals surface area (Å²) in [6, 6.07) is 1.90. The molecule has 0 aliphatic carbocycles. The zero-order chi connectivity index (χ0) is 19.4. The van der Waals surface area contributed by atoms with Crippen molar-refractivity contribution in [1.82, 2.24) is 6.15 Å². The summed E-state index contributed by atoms with van der Waals surface area (Å²) in [6.45, 7) is 9.30. The predicted octanol–water partition coefficient (Wildman–Crippen LogP) is 6.75. The van der Waals surface area contributed by atoms with Gasteiger partial charge in [-0.2, -0.15) is 0 Å². The lowest BCUT2D eigenvalue weighted by atomic mass is 9.88. The van der Waals surface area contributed by atoms with E-state index in [0.29, 0.717) is 17.9 Å². The first-order valence-electron chi connectivity index (χ1n) is 10.6. The first-order chi connectivity index (χ1) is 12.6. The lowest BCUT2D eigenvalue weighted by Gasteiger charge is -2.22. The van der Waals surface area contributed by atoms with Crippen LogP contribution in [-0.2, 0) is 19.3 Å². The first-order valence-corrected chi connectivity index (χ1v) is 10.6. The van der Waals surface area contributed by atoms with Crippen LogP contribution in [0.5, 0.6) is 5.75 Å². The van der Waals surface area contributed by atoms with Gasteiger partial charge in [0.1, 0.15) is 11.3 Å². The van der Waals surface area contributed by atoms with Gasteiger partial charge in [-0.15, -0.1) is 0 Å². The zero-order valence-corrected chi connectivity index (χ0v) is 18.0. The van der Waals surface area contributed by atoms with E-state index in [4.69, 9.17) is 4.74 Å². The maximum Gasteiger partial charge on any atom is 0.339 e. The number of rotatable bonds is 14. The summed E-state index contributed by atoms with van der Waals surface area (Å²) in [4.78, 5) is 12.0. The molecule has 0 saturated carbocycles. The second kappa shape index (κ2) is 14.5. The molecule has 0 unspecified atom stereocenters. The molecule has 4 heteroatoms. The molecule has 0 spiro atoms. The van der Waals surface area contributed by atoms with Gasteiger partial charge in [-0.1, -0.05) is 53.4 Å². The summed E-state index contributed by atoms with van der Waals surface area (Å²) in [6.07, 6.45) is 11.6. The Hall–Kier alpha value is -1.55. The average Bonchev–Trinajstić information content (AvgIpc) is 2.63. The molecule has 0 aromatic heterocycles. The van der Waals surface area contributed by atoms with E-state index in [-0.39, 0.29) is 6.15 Å². The maximum absolute atomic E-state index is 12.0. The summed E-state index contributed by atoms with van der Waals surface area (Å²) < 4.78 is 6.07. The van der Waals surface area contributed by atoms with E-state index in [0.717, 1.165) is 70.6 Å². The Balaban J connectivity index is 0.00000676. The van der Waals surface area contributed by atoms with Crippen molar-refractivity contribution < 1.29 is 14.6 Å². The molecule has 0 heterocycles. The van der Waals surface area contributed by atoms with Crippen LogP contribution < -0.4 is 10.9 Å². The molecule has 0 saturated heterocycles. The van der Waals surface area contributed by atoms with E-state index in [1.165, 1.54) is 16.7 Å². The number of unbranched alkanes of at least 4 members (excludes halogenated alkanes) is 4. The summed E-state index contributed by atoms with van der Waals surface area (Å²) in [5.41, 5.74) is 4.12. The van der Waals surface area contributed by atoms with Crippen molar-refractivity contribution in [2.45, 2.75) is 98.3 Å². The highest BCUT2D eigenvalue weighted by Gasteiger charge is 2.22. The number of ether oxygens (including phenoxy) is 1. The van der Waals surface area contributed by atoms with Gasteiger partial charge in [0.25, 0.3) is 0 Å². The van der Waals surface area contributed by atoms with Gasteiger partial charge in [-0.3, -0.25) is 0 Å². The standard InChI is InChI=1S/C23H38O3.H3N/c1-5-9-13-18-17-21(23(24)25)22(26-16-12-8-4)20(15-11-7-3)19(18)14-10-6-2;/h17H,5-16H2,1-4H3,(H,24,25);1H3. The molecule has 4 nitrogen and oxygen atoms in total. The lowest BCUT2D eigenvalue weighted by molar-refractivity contribution is 0.0691. The van der Waals surface area contributed by atoms with Crippen molar-refractivity contribution >= 4 is 5.97 Å². The smallest absolute Gasteiger partial charge is 0.339 e. The number of benzene rings is 1. The third-order valence-corrected chi connectivity index (χ3v) is 4.92. The molecule has 0 bridgehead atoms. The molecule has 1 rings (SSSR count). The van der Waals surface area contributed by atoms with Crippen LogP contribution in [0.3, 0.4) is 0 Å². The minimum absolute atomic E-state index is 0. The molecule has 0 aliphatic heterocycles. The molecule has 156 valence electrons. The van der Waals surface area contributed by atoms with E-state index in [1.807, 2.05) is 6.07 Å². The van der Waals surface area contributed by atoms with Crippen LogP contribution in [0.2, 0.25) is 0 Å². The van der Waals surface area contributed by atoms with Crippen molar-refractivity contribution in [3.63, 3.8) is 0 Å². The highest BCUT2D eigenvalue weighted by molar-refractivity contribution is 5.92. The lowest BCUT2D eigenvalue weighted by Crippen LogP contribution is -2.12. The van der Waals surface area contributed by atoms with Crippen LogP contribution in [-0.4, -0.2) is 17.7 Å². The first kappa shape index (κ1) is 25.4. The van der Waals surface area contributed by atoms with Crippen molar-refractivity contribution in [1.29, 1.82) is 0 Å². The molecule has 0 fully saturated rings. The molecule has 4 N–H and O–H groups in total. The van der Waals surface area contributed by atoms with E-state index in [9.17, 15) is 9.90 Å². The number of aryl methyl sites for hydroxylation is 1. The fourth-order valence-corrected chi connectivity index (χ4v) is 3.34. The second-order valence-electron chi connectivity index (χ2n) is 7.19. The molecule has 27 heavy (non-hydrogen) atoms. The second-order valence-corrected chi connectivity index (χ2v) is 7.19. The normalized spacial score (nSPS) is 10.5. The third-order valence-electron chi connectivity index (χ3n) is 4.92. The number of aromatic carboxylic acids is 1. The van der Waals surface area contributed by atoms with Gasteiger partial charge in [0, 0.05) is 0 Å². The highest BCUT2D eigenvalue weighted by atomic mass is 16.5. The molecule has 1 aromatic rings. The summed E-state index contributed by atoms with van der Waals surface area (Å²) >= 11 is 0. The van der Waals surface area contributed by atoms with Crippen molar-refractivity contribution in [2.24, 2.45) is 0 Å². The number of carboxylic acid groups (broad SMARTS) is 1. The minimum atomic E-state index is -0.867. The summed E-state index contributed by atoms with van der Waals surface area (Å²) in [5, 5.41) is 9.81. The van der Waals surface area contributed by atoms with Crippen LogP contribution in [0.15, 0.2) is 6.07 Å². The van der Waals surface area contributed by atoms with Gasteiger partial charge < -0.3 is 16.0 Å². The van der Waals surface area contributed by atoms with Gasteiger partial charge in [0.15, 0.2) is 0 Å². The quantitative estimate of drug-likeness (QED) is 0.350. The minimum Gasteiger partial charge on any atom is -0.492 e. The Morgan fingerprint density at radius 1 is 0.852 bits per heavy atom. The van der Waals surface area contributed by atoms with Crippen LogP contribution >= 0.6 is 0 Å². The van der Waals surface area contributed by atoms with Crippen LogP contribution in [0.1, 0.15) is 106 Å². The topological polar surface area (TPSA) is 81.5 Å². The Kier molecular flexibility index (Phi) is 13.7. The van der Waals surface area contributed by atoms with Gasteiger partial charge in [0.05, 0.1) is 6.61 Å². The molecular weight excluding hydrogens is 338 g/mol. The fraction of sp³-hybridized carbons (Fsp3) is 0.696. The van der Waals surface area contributed by atoms with E-state index >= 15 is 0 Å². The van der Waals surface area contributed by atoms with Crippen LogP contribution in [0.25, 0.3) is 0 Å². The maximum atomic E-state index is 12.0. The molecule has 0 amide bonds. The molecule has 0 aliphatic rings. The van der Waals surface area contributed by atoms with E-state index < -0.39 is 5.97 Å². The summed E-state index contributed by atoms with van der Waals surface area (Å²) in [7, 11) is 0. The summed E-state index contributed by atoms with van der Waals surface area (Å²) in [5.74, 6) is -0.222. The average molecular weight is 380 g/mol. The van der Waals surface area contributed by atoms with Gasteiger partial charge in [-0.25, -0.2) is 4.79 Å². The fourth-order valence-electron chi connectivity index (χ4n) is 3.34. The van der Waals surface area contributed by atoms with Gasteiger partial charge in [0.2, 0.25) is 0 Å².